The monoisotopic (exact) mass is 248 g/mol. The summed E-state index contributed by atoms with van der Waals surface area (Å²) in [5.74, 6) is 0.520. The molecule has 1 aliphatic rings. The molecule has 96 valence electrons. The first-order chi connectivity index (χ1) is 8.54. The molecule has 1 aliphatic heterocycles. The van der Waals surface area contributed by atoms with Gasteiger partial charge in [-0.1, -0.05) is 12.1 Å². The molecule has 0 radical (unpaired) electrons. The van der Waals surface area contributed by atoms with Gasteiger partial charge in [-0.2, -0.15) is 0 Å². The Kier molecular flexibility index (Phi) is 3.50. The van der Waals surface area contributed by atoms with Crippen molar-refractivity contribution in [3.8, 4) is 5.75 Å². The predicted molar refractivity (Wildman–Crippen MR) is 66.2 cm³/mol. The third-order valence-corrected chi connectivity index (χ3v) is 2.60. The van der Waals surface area contributed by atoms with E-state index < -0.39 is 6.03 Å². The lowest BCUT2D eigenvalue weighted by Gasteiger charge is -2.23. The maximum absolute atomic E-state index is 11.3. The Bertz CT molecular complexity index is 438. The normalized spacial score (nSPS) is 19.4. The molecule has 0 bridgehead atoms. The predicted octanol–water partition coefficient (Wildman–Crippen LogP) is 1.74. The molecule has 0 spiro atoms. The molecule has 5 nitrogen and oxygen atoms in total. The van der Waals surface area contributed by atoms with Gasteiger partial charge in [0.25, 0.3) is 0 Å². The van der Waals surface area contributed by atoms with Gasteiger partial charge in [0, 0.05) is 0 Å². The average Bonchev–Trinajstić information content (AvgIpc) is 2.27. The van der Waals surface area contributed by atoms with Crippen molar-refractivity contribution in [2.75, 3.05) is 0 Å². The summed E-state index contributed by atoms with van der Waals surface area (Å²) in [6, 6.07) is 6.70. The largest absolute Gasteiger partial charge is 0.491 e. The lowest BCUT2D eigenvalue weighted by Crippen LogP contribution is -2.48. The molecule has 0 aliphatic carbocycles. The maximum atomic E-state index is 11.3. The third kappa shape index (κ3) is 3.00. The zero-order valence-electron chi connectivity index (χ0n) is 10.4. The number of ether oxygens (including phenoxy) is 1. The summed E-state index contributed by atoms with van der Waals surface area (Å²) in [5.41, 5.74) is 0.898. The van der Waals surface area contributed by atoms with Crippen molar-refractivity contribution in [2.45, 2.75) is 32.4 Å². The van der Waals surface area contributed by atoms with E-state index in [0.717, 1.165) is 11.3 Å². The van der Waals surface area contributed by atoms with Crippen molar-refractivity contribution in [3.63, 3.8) is 0 Å². The summed E-state index contributed by atoms with van der Waals surface area (Å²) in [6.07, 6.45) is 0.381. The maximum Gasteiger partial charge on any atom is 0.321 e. The molecule has 0 aromatic heterocycles. The van der Waals surface area contributed by atoms with Crippen LogP contribution in [0.15, 0.2) is 24.3 Å². The van der Waals surface area contributed by atoms with E-state index in [-0.39, 0.29) is 24.5 Å². The minimum absolute atomic E-state index is 0.121. The van der Waals surface area contributed by atoms with Gasteiger partial charge in [0.2, 0.25) is 5.91 Å². The minimum atomic E-state index is -0.446. The zero-order valence-corrected chi connectivity index (χ0v) is 10.4. The van der Waals surface area contributed by atoms with Crippen molar-refractivity contribution in [1.82, 2.24) is 10.6 Å². The number of amides is 3. The fraction of sp³-hybridized carbons (Fsp3) is 0.385. The Hall–Kier alpha value is -2.04. The second-order valence-electron chi connectivity index (χ2n) is 4.51. The highest BCUT2D eigenvalue weighted by Crippen LogP contribution is 2.22. The summed E-state index contributed by atoms with van der Waals surface area (Å²) < 4.78 is 5.53. The Balaban J connectivity index is 2.09. The zero-order chi connectivity index (χ0) is 13.1. The number of nitrogens with one attached hydrogen (secondary N) is 2. The van der Waals surface area contributed by atoms with E-state index in [1.165, 1.54) is 0 Å². The van der Waals surface area contributed by atoms with Gasteiger partial charge in [0.15, 0.2) is 0 Å². The van der Waals surface area contributed by atoms with Crippen molar-refractivity contribution in [2.24, 2.45) is 0 Å². The number of hydrogen-bond acceptors (Lipinski definition) is 3. The fourth-order valence-corrected chi connectivity index (χ4v) is 1.86. The van der Waals surface area contributed by atoms with Gasteiger partial charge in [0.05, 0.1) is 18.6 Å². The van der Waals surface area contributed by atoms with E-state index in [1.807, 2.05) is 38.1 Å². The van der Waals surface area contributed by atoms with Crippen molar-refractivity contribution >= 4 is 11.9 Å². The Morgan fingerprint density at radius 2 is 1.89 bits per heavy atom. The van der Waals surface area contributed by atoms with Crippen LogP contribution < -0.4 is 15.4 Å². The molecule has 1 atom stereocenters. The molecule has 3 amide bonds. The molecule has 0 saturated carbocycles. The van der Waals surface area contributed by atoms with Gasteiger partial charge in [-0.3, -0.25) is 10.1 Å². The van der Waals surface area contributed by atoms with E-state index in [9.17, 15) is 9.59 Å². The SMILES string of the molecule is CC(C)Oc1ccc([C@@H]2CC(=O)NC(=O)N2)cc1. The smallest absolute Gasteiger partial charge is 0.321 e. The molecule has 0 unspecified atom stereocenters. The quantitative estimate of drug-likeness (QED) is 0.856. The molecule has 1 heterocycles. The number of urea groups is 1. The van der Waals surface area contributed by atoms with Crippen LogP contribution >= 0.6 is 0 Å². The number of carbonyl (C=O) groups is 2. The summed E-state index contributed by atoms with van der Waals surface area (Å²) >= 11 is 0. The summed E-state index contributed by atoms with van der Waals surface area (Å²) in [6.45, 7) is 3.92. The van der Waals surface area contributed by atoms with Gasteiger partial charge >= 0.3 is 6.03 Å². The average molecular weight is 248 g/mol. The second kappa shape index (κ2) is 5.08. The van der Waals surface area contributed by atoms with Crippen LogP contribution in [0, 0.1) is 0 Å². The van der Waals surface area contributed by atoms with Crippen LogP contribution in [-0.2, 0) is 4.79 Å². The van der Waals surface area contributed by atoms with Crippen LogP contribution in [0.25, 0.3) is 0 Å². The lowest BCUT2D eigenvalue weighted by atomic mass is 10.0. The van der Waals surface area contributed by atoms with Gasteiger partial charge in [-0.25, -0.2) is 4.79 Å². The van der Waals surface area contributed by atoms with Crippen molar-refractivity contribution < 1.29 is 14.3 Å². The summed E-state index contributed by atoms with van der Waals surface area (Å²) in [4.78, 5) is 22.5. The molecule has 1 saturated heterocycles. The highest BCUT2D eigenvalue weighted by atomic mass is 16.5. The van der Waals surface area contributed by atoms with Crippen LogP contribution in [-0.4, -0.2) is 18.0 Å². The Morgan fingerprint density at radius 1 is 1.22 bits per heavy atom. The van der Waals surface area contributed by atoms with Crippen molar-refractivity contribution in [1.29, 1.82) is 0 Å². The van der Waals surface area contributed by atoms with E-state index in [2.05, 4.69) is 10.6 Å². The number of carbonyl (C=O) groups excluding carboxylic acids is 2. The van der Waals surface area contributed by atoms with Crippen LogP contribution in [0.2, 0.25) is 0 Å². The molecule has 5 heteroatoms. The molecule has 2 N–H and O–H groups in total. The third-order valence-electron chi connectivity index (χ3n) is 2.60. The molecule has 18 heavy (non-hydrogen) atoms. The first kappa shape index (κ1) is 12.4. The standard InChI is InChI=1S/C13H16N2O3/c1-8(2)18-10-5-3-9(4-6-10)11-7-12(16)15-13(17)14-11/h3-6,8,11H,7H2,1-2H3,(H2,14,15,16,17)/t11-/m0/s1. The molecule has 1 fully saturated rings. The fourth-order valence-electron chi connectivity index (χ4n) is 1.86. The number of rotatable bonds is 3. The lowest BCUT2D eigenvalue weighted by molar-refractivity contribution is -0.121. The topological polar surface area (TPSA) is 67.4 Å². The van der Waals surface area contributed by atoms with Crippen LogP contribution in [0.5, 0.6) is 5.75 Å². The number of imide groups is 1. The van der Waals surface area contributed by atoms with E-state index in [1.54, 1.807) is 0 Å². The van der Waals surface area contributed by atoms with E-state index in [0.29, 0.717) is 0 Å². The van der Waals surface area contributed by atoms with Gasteiger partial charge in [0.1, 0.15) is 5.75 Å². The molecular weight excluding hydrogens is 232 g/mol. The first-order valence-electron chi connectivity index (χ1n) is 5.91. The molecule has 1 aromatic carbocycles. The second-order valence-corrected chi connectivity index (χ2v) is 4.51. The molecule has 1 aromatic rings. The first-order valence-corrected chi connectivity index (χ1v) is 5.91. The number of hydrogen-bond donors (Lipinski definition) is 2. The minimum Gasteiger partial charge on any atom is -0.491 e. The van der Waals surface area contributed by atoms with E-state index >= 15 is 0 Å². The van der Waals surface area contributed by atoms with Gasteiger partial charge in [-0.15, -0.1) is 0 Å². The van der Waals surface area contributed by atoms with Crippen LogP contribution in [0.3, 0.4) is 0 Å². The molecule has 2 rings (SSSR count). The molecular formula is C13H16N2O3. The summed E-state index contributed by atoms with van der Waals surface area (Å²) in [7, 11) is 0. The van der Waals surface area contributed by atoms with Gasteiger partial charge < -0.3 is 10.1 Å². The summed E-state index contributed by atoms with van der Waals surface area (Å²) in [5, 5.41) is 4.91. The Labute approximate surface area is 106 Å². The van der Waals surface area contributed by atoms with Gasteiger partial charge in [-0.05, 0) is 31.5 Å². The number of benzene rings is 1. The van der Waals surface area contributed by atoms with E-state index in [4.69, 9.17) is 4.74 Å². The van der Waals surface area contributed by atoms with Crippen molar-refractivity contribution in [3.05, 3.63) is 29.8 Å². The highest BCUT2D eigenvalue weighted by Gasteiger charge is 2.24. The van der Waals surface area contributed by atoms with Crippen LogP contribution in [0.1, 0.15) is 31.9 Å². The highest BCUT2D eigenvalue weighted by molar-refractivity contribution is 5.97. The Morgan fingerprint density at radius 3 is 2.44 bits per heavy atom. The van der Waals surface area contributed by atoms with Crippen LogP contribution in [0.4, 0.5) is 4.79 Å².